The van der Waals surface area contributed by atoms with E-state index in [2.05, 4.69) is 58.2 Å². The van der Waals surface area contributed by atoms with Crippen LogP contribution in [0.1, 0.15) is 22.3 Å². The first-order valence-corrected chi connectivity index (χ1v) is 9.28. The van der Waals surface area contributed by atoms with Crippen molar-refractivity contribution in [3.8, 4) is 0 Å². The van der Waals surface area contributed by atoms with Crippen LogP contribution in [0.2, 0.25) is 0 Å². The van der Waals surface area contributed by atoms with Crippen molar-refractivity contribution in [1.82, 2.24) is 14.9 Å². The summed E-state index contributed by atoms with van der Waals surface area (Å²) in [6.45, 7) is 4.18. The zero-order chi connectivity index (χ0) is 19.0. The number of carbonyl (C=O) groups excluding carboxylic acids is 1. The third-order valence-corrected chi connectivity index (χ3v) is 5.38. The molecule has 2 aromatic carbocycles. The van der Waals surface area contributed by atoms with Crippen LogP contribution in [0.4, 0.5) is 11.4 Å². The van der Waals surface area contributed by atoms with E-state index in [1.807, 2.05) is 18.2 Å². The first kappa shape index (κ1) is 17.5. The molecule has 2 heterocycles. The third kappa shape index (κ3) is 3.53. The topological polar surface area (TPSA) is 64.3 Å². The predicted molar refractivity (Wildman–Crippen MR) is 110 cm³/mol. The van der Waals surface area contributed by atoms with Gasteiger partial charge in [-0.05, 0) is 63.3 Å². The van der Waals surface area contributed by atoms with Crippen molar-refractivity contribution in [2.45, 2.75) is 19.4 Å². The van der Waals surface area contributed by atoms with Crippen LogP contribution in [-0.4, -0.2) is 54.0 Å². The maximum atomic E-state index is 12.7. The predicted octanol–water partition coefficient (Wildman–Crippen LogP) is 3.26. The number of fused-ring (bicyclic) bond motifs is 1. The van der Waals surface area contributed by atoms with Crippen LogP contribution in [0.5, 0.6) is 0 Å². The number of hydrogen-bond donors (Lipinski definition) is 2. The maximum absolute atomic E-state index is 12.7. The molecule has 3 aromatic rings. The number of hydrogen-bond acceptors (Lipinski definition) is 4. The smallest absolute Gasteiger partial charge is 0.255 e. The van der Waals surface area contributed by atoms with Gasteiger partial charge in [0.25, 0.3) is 5.91 Å². The van der Waals surface area contributed by atoms with Crippen LogP contribution in [-0.2, 0) is 0 Å². The minimum atomic E-state index is -0.117. The van der Waals surface area contributed by atoms with Crippen LogP contribution in [0.25, 0.3) is 11.0 Å². The Morgan fingerprint density at radius 1 is 1.26 bits per heavy atom. The van der Waals surface area contributed by atoms with Crippen molar-refractivity contribution >= 4 is 28.3 Å². The molecule has 1 saturated heterocycles. The van der Waals surface area contributed by atoms with Gasteiger partial charge in [-0.2, -0.15) is 0 Å². The summed E-state index contributed by atoms with van der Waals surface area (Å²) in [6.07, 6.45) is 2.79. The molecule has 1 aromatic heterocycles. The monoisotopic (exact) mass is 363 g/mol. The lowest BCUT2D eigenvalue weighted by Gasteiger charge is -2.24. The average Bonchev–Trinajstić information content (AvgIpc) is 3.32. The van der Waals surface area contributed by atoms with Gasteiger partial charge in [-0.25, -0.2) is 4.98 Å². The molecule has 4 rings (SSSR count). The molecule has 0 spiro atoms. The minimum absolute atomic E-state index is 0.117. The van der Waals surface area contributed by atoms with E-state index >= 15 is 0 Å². The Morgan fingerprint density at radius 3 is 2.89 bits per heavy atom. The lowest BCUT2D eigenvalue weighted by atomic mass is 10.1. The molecule has 1 unspecified atom stereocenters. The van der Waals surface area contributed by atoms with E-state index in [0.29, 0.717) is 11.6 Å². The van der Waals surface area contributed by atoms with Gasteiger partial charge >= 0.3 is 0 Å². The Hall–Kier alpha value is -2.86. The fourth-order valence-corrected chi connectivity index (χ4v) is 3.69. The van der Waals surface area contributed by atoms with Crippen LogP contribution < -0.4 is 10.2 Å². The quantitative estimate of drug-likeness (QED) is 0.747. The van der Waals surface area contributed by atoms with E-state index in [0.717, 1.165) is 36.2 Å². The van der Waals surface area contributed by atoms with E-state index in [1.165, 1.54) is 11.3 Å². The number of likely N-dealkylation sites (N-methyl/N-ethyl adjacent to an activating group) is 1. The van der Waals surface area contributed by atoms with Gasteiger partial charge in [-0.1, -0.05) is 6.07 Å². The molecule has 1 amide bonds. The molecular formula is C21H25N5O. The number of aromatic nitrogens is 2. The fraction of sp³-hybridized carbons (Fsp3) is 0.333. The Kier molecular flexibility index (Phi) is 4.58. The highest BCUT2D eigenvalue weighted by molar-refractivity contribution is 6.06. The number of imidazole rings is 1. The minimum Gasteiger partial charge on any atom is -0.370 e. The number of rotatable bonds is 4. The third-order valence-electron chi connectivity index (χ3n) is 5.38. The molecule has 0 radical (unpaired) electrons. The Bertz CT molecular complexity index is 978. The van der Waals surface area contributed by atoms with Crippen molar-refractivity contribution in [2.24, 2.45) is 0 Å². The molecule has 1 atom stereocenters. The summed E-state index contributed by atoms with van der Waals surface area (Å²) in [7, 11) is 4.27. The van der Waals surface area contributed by atoms with Crippen LogP contribution in [0, 0.1) is 6.92 Å². The number of H-pyrrole nitrogens is 1. The Morgan fingerprint density at radius 2 is 2.11 bits per heavy atom. The lowest BCUT2D eigenvalue weighted by Crippen LogP contribution is -2.31. The van der Waals surface area contributed by atoms with Crippen molar-refractivity contribution < 1.29 is 4.79 Å². The SMILES string of the molecule is Cc1ccc(NC(=O)c2ccc3nc[nH]c3c2)cc1N1CCC(N(C)C)C1. The number of nitrogens with zero attached hydrogens (tertiary/aromatic N) is 3. The molecule has 1 aliphatic rings. The first-order valence-electron chi connectivity index (χ1n) is 9.28. The molecule has 1 aliphatic heterocycles. The maximum Gasteiger partial charge on any atom is 0.255 e. The van der Waals surface area contributed by atoms with Gasteiger partial charge in [-0.3, -0.25) is 4.79 Å². The molecule has 0 saturated carbocycles. The van der Waals surface area contributed by atoms with Crippen molar-refractivity contribution in [3.05, 3.63) is 53.9 Å². The standard InChI is InChI=1S/C21H25N5O/c1-14-4-6-16(11-20(14)26-9-8-17(12-26)25(2)3)24-21(27)15-5-7-18-19(10-15)23-13-22-18/h4-7,10-11,13,17H,8-9,12H2,1-3H3,(H,22,23)(H,24,27). The zero-order valence-electron chi connectivity index (χ0n) is 16.0. The summed E-state index contributed by atoms with van der Waals surface area (Å²) in [4.78, 5) is 24.6. The van der Waals surface area contributed by atoms with Gasteiger partial charge in [-0.15, -0.1) is 0 Å². The van der Waals surface area contributed by atoms with Gasteiger partial charge in [0.15, 0.2) is 0 Å². The number of carbonyl (C=O) groups is 1. The van der Waals surface area contributed by atoms with Crippen molar-refractivity contribution in [2.75, 3.05) is 37.4 Å². The van der Waals surface area contributed by atoms with Crippen LogP contribution >= 0.6 is 0 Å². The largest absolute Gasteiger partial charge is 0.370 e. The normalized spacial score (nSPS) is 17.0. The molecular weight excluding hydrogens is 338 g/mol. The van der Waals surface area contributed by atoms with E-state index in [9.17, 15) is 4.79 Å². The highest BCUT2D eigenvalue weighted by Gasteiger charge is 2.25. The summed E-state index contributed by atoms with van der Waals surface area (Å²) in [5, 5.41) is 3.03. The van der Waals surface area contributed by atoms with E-state index < -0.39 is 0 Å². The van der Waals surface area contributed by atoms with Gasteiger partial charge in [0.2, 0.25) is 0 Å². The summed E-state index contributed by atoms with van der Waals surface area (Å²) in [5.41, 5.74) is 5.57. The second-order valence-corrected chi connectivity index (χ2v) is 7.44. The van der Waals surface area contributed by atoms with Crippen LogP contribution in [0.15, 0.2) is 42.7 Å². The van der Waals surface area contributed by atoms with E-state index in [4.69, 9.17) is 0 Å². The summed E-state index contributed by atoms with van der Waals surface area (Å²) >= 11 is 0. The molecule has 140 valence electrons. The van der Waals surface area contributed by atoms with Gasteiger partial charge in [0.05, 0.1) is 17.4 Å². The summed E-state index contributed by atoms with van der Waals surface area (Å²) in [5.74, 6) is -0.117. The van der Waals surface area contributed by atoms with E-state index in [1.54, 1.807) is 12.4 Å². The zero-order valence-corrected chi connectivity index (χ0v) is 16.0. The Balaban J connectivity index is 1.53. The Labute approximate surface area is 159 Å². The molecule has 1 fully saturated rings. The molecule has 0 aliphatic carbocycles. The molecule has 0 bridgehead atoms. The number of benzene rings is 2. The fourth-order valence-electron chi connectivity index (χ4n) is 3.69. The van der Waals surface area contributed by atoms with Crippen molar-refractivity contribution in [3.63, 3.8) is 0 Å². The number of aryl methyl sites for hydroxylation is 1. The molecule has 2 N–H and O–H groups in total. The lowest BCUT2D eigenvalue weighted by molar-refractivity contribution is 0.102. The molecule has 6 heteroatoms. The number of anilines is 2. The van der Waals surface area contributed by atoms with Crippen molar-refractivity contribution in [1.29, 1.82) is 0 Å². The highest BCUT2D eigenvalue weighted by Crippen LogP contribution is 2.28. The first-order chi connectivity index (χ1) is 13.0. The average molecular weight is 363 g/mol. The number of aromatic amines is 1. The number of nitrogens with one attached hydrogen (secondary N) is 2. The number of amides is 1. The molecule has 27 heavy (non-hydrogen) atoms. The van der Waals surface area contributed by atoms with Gasteiger partial charge < -0.3 is 20.1 Å². The second-order valence-electron chi connectivity index (χ2n) is 7.44. The molecule has 6 nitrogen and oxygen atoms in total. The van der Waals surface area contributed by atoms with Crippen LogP contribution in [0.3, 0.4) is 0 Å². The van der Waals surface area contributed by atoms with Gasteiger partial charge in [0.1, 0.15) is 0 Å². The van der Waals surface area contributed by atoms with E-state index in [-0.39, 0.29) is 5.91 Å². The second kappa shape index (κ2) is 7.04. The summed E-state index contributed by atoms with van der Waals surface area (Å²) in [6, 6.07) is 12.2. The highest BCUT2D eigenvalue weighted by atomic mass is 16.1. The van der Waals surface area contributed by atoms with Gasteiger partial charge in [0, 0.05) is 36.1 Å². The summed E-state index contributed by atoms with van der Waals surface area (Å²) < 4.78 is 0.